The highest BCUT2D eigenvalue weighted by Gasteiger charge is 2.11. The minimum atomic E-state index is -0.518. The number of aromatic nitrogens is 1. The average Bonchev–Trinajstić information content (AvgIpc) is 2.35. The van der Waals surface area contributed by atoms with Gasteiger partial charge in [-0.25, -0.2) is 4.98 Å². The normalized spacial score (nSPS) is 11.2. The van der Waals surface area contributed by atoms with Crippen molar-refractivity contribution in [1.29, 1.82) is 0 Å². The van der Waals surface area contributed by atoms with Crippen LogP contribution in [0.1, 0.15) is 12.5 Å². The van der Waals surface area contributed by atoms with E-state index >= 15 is 0 Å². The first-order valence-corrected chi connectivity index (χ1v) is 5.16. The van der Waals surface area contributed by atoms with Gasteiger partial charge in [-0.3, -0.25) is 4.79 Å². The van der Waals surface area contributed by atoms with E-state index in [0.29, 0.717) is 12.4 Å². The summed E-state index contributed by atoms with van der Waals surface area (Å²) < 4.78 is 4.89. The summed E-state index contributed by atoms with van der Waals surface area (Å²) in [5, 5.41) is 2.64. The molecule has 0 saturated heterocycles. The van der Waals surface area contributed by atoms with E-state index in [4.69, 9.17) is 10.5 Å². The molecule has 1 aromatic heterocycles. The number of nitrogens with one attached hydrogen (secondary N) is 1. The summed E-state index contributed by atoms with van der Waals surface area (Å²) in [6.45, 7) is 1.96. The molecule has 0 bridgehead atoms. The molecule has 0 spiro atoms. The standard InChI is InChI=1S/C12H15N3O2/c1-9(17-2)12(16)15-11-8-10(4-3-6-13)5-7-14-11/h5,7-9H,6,13H2,1-2H3,(H,14,15,16). The van der Waals surface area contributed by atoms with E-state index in [9.17, 15) is 4.79 Å². The Balaban J connectivity index is 2.75. The van der Waals surface area contributed by atoms with Gasteiger partial charge in [0.15, 0.2) is 0 Å². The van der Waals surface area contributed by atoms with E-state index in [-0.39, 0.29) is 5.91 Å². The van der Waals surface area contributed by atoms with Gasteiger partial charge < -0.3 is 15.8 Å². The zero-order chi connectivity index (χ0) is 12.7. The summed E-state index contributed by atoms with van der Waals surface area (Å²) in [6, 6.07) is 3.43. The molecule has 17 heavy (non-hydrogen) atoms. The van der Waals surface area contributed by atoms with Crippen LogP contribution < -0.4 is 11.1 Å². The van der Waals surface area contributed by atoms with Crippen LogP contribution in [0.5, 0.6) is 0 Å². The van der Waals surface area contributed by atoms with Crippen molar-refractivity contribution in [3.8, 4) is 11.8 Å². The molecule has 0 aliphatic rings. The number of hydrogen-bond acceptors (Lipinski definition) is 4. The number of methoxy groups -OCH3 is 1. The Kier molecular flexibility index (Phi) is 5.14. The molecule has 3 N–H and O–H groups in total. The van der Waals surface area contributed by atoms with E-state index in [1.54, 1.807) is 25.3 Å². The number of amides is 1. The number of hydrogen-bond donors (Lipinski definition) is 2. The molecular weight excluding hydrogens is 218 g/mol. The smallest absolute Gasteiger partial charge is 0.254 e. The second-order valence-corrected chi connectivity index (χ2v) is 3.30. The van der Waals surface area contributed by atoms with Gasteiger partial charge >= 0.3 is 0 Å². The third kappa shape index (κ3) is 4.23. The molecule has 0 radical (unpaired) electrons. The zero-order valence-electron chi connectivity index (χ0n) is 9.86. The topological polar surface area (TPSA) is 77.2 Å². The van der Waals surface area contributed by atoms with Gasteiger partial charge in [0.25, 0.3) is 5.91 Å². The van der Waals surface area contributed by atoms with E-state index in [1.165, 1.54) is 7.11 Å². The number of carbonyl (C=O) groups is 1. The minimum absolute atomic E-state index is 0.246. The van der Waals surface area contributed by atoms with Crippen LogP contribution >= 0.6 is 0 Å². The predicted molar refractivity (Wildman–Crippen MR) is 65.3 cm³/mol. The average molecular weight is 233 g/mol. The Hall–Kier alpha value is -1.90. The Morgan fingerprint density at radius 3 is 3.12 bits per heavy atom. The van der Waals surface area contributed by atoms with Gasteiger partial charge in [-0.05, 0) is 19.1 Å². The van der Waals surface area contributed by atoms with Gasteiger partial charge in [0.05, 0.1) is 6.54 Å². The summed E-state index contributed by atoms with van der Waals surface area (Å²) in [6.07, 6.45) is 1.06. The second-order valence-electron chi connectivity index (χ2n) is 3.30. The maximum Gasteiger partial charge on any atom is 0.254 e. The molecule has 1 aromatic rings. The van der Waals surface area contributed by atoms with Gasteiger partial charge in [0.2, 0.25) is 0 Å². The fourth-order valence-corrected chi connectivity index (χ4v) is 1.06. The van der Waals surface area contributed by atoms with Gasteiger partial charge in [-0.1, -0.05) is 11.8 Å². The van der Waals surface area contributed by atoms with Crippen LogP contribution in [0.4, 0.5) is 5.82 Å². The van der Waals surface area contributed by atoms with E-state index < -0.39 is 6.10 Å². The van der Waals surface area contributed by atoms with Crippen molar-refractivity contribution in [3.63, 3.8) is 0 Å². The van der Waals surface area contributed by atoms with E-state index in [1.807, 2.05) is 0 Å². The summed E-state index contributed by atoms with van der Waals surface area (Å²) in [5.41, 5.74) is 6.03. The lowest BCUT2D eigenvalue weighted by Crippen LogP contribution is -2.26. The highest BCUT2D eigenvalue weighted by Crippen LogP contribution is 2.06. The van der Waals surface area contributed by atoms with Crippen LogP contribution in [0, 0.1) is 11.8 Å². The Morgan fingerprint density at radius 1 is 1.71 bits per heavy atom. The molecular formula is C12H15N3O2. The first kappa shape index (κ1) is 13.2. The number of nitrogens with two attached hydrogens (primary N) is 1. The monoisotopic (exact) mass is 233 g/mol. The molecule has 0 aliphatic heterocycles. The van der Waals surface area contributed by atoms with Crippen LogP contribution in [0.25, 0.3) is 0 Å². The van der Waals surface area contributed by atoms with Crippen molar-refractivity contribution >= 4 is 11.7 Å². The van der Waals surface area contributed by atoms with Crippen molar-refractivity contribution in [2.75, 3.05) is 19.0 Å². The number of carbonyl (C=O) groups excluding carboxylic acids is 1. The lowest BCUT2D eigenvalue weighted by molar-refractivity contribution is -0.124. The lowest BCUT2D eigenvalue weighted by atomic mass is 10.2. The van der Waals surface area contributed by atoms with Crippen LogP contribution in [0.15, 0.2) is 18.3 Å². The quantitative estimate of drug-likeness (QED) is 0.739. The summed E-state index contributed by atoms with van der Waals surface area (Å²) in [7, 11) is 1.47. The number of ether oxygens (including phenoxy) is 1. The Labute approximate surface area is 100 Å². The first-order chi connectivity index (χ1) is 8.17. The number of rotatable bonds is 3. The van der Waals surface area contributed by atoms with Crippen molar-refractivity contribution in [2.24, 2.45) is 5.73 Å². The third-order valence-electron chi connectivity index (χ3n) is 2.07. The first-order valence-electron chi connectivity index (χ1n) is 5.16. The maximum atomic E-state index is 11.5. The van der Waals surface area contributed by atoms with Crippen LogP contribution in [0.2, 0.25) is 0 Å². The highest BCUT2D eigenvalue weighted by atomic mass is 16.5. The fourth-order valence-electron chi connectivity index (χ4n) is 1.06. The molecule has 5 heteroatoms. The Morgan fingerprint density at radius 2 is 2.47 bits per heavy atom. The van der Waals surface area contributed by atoms with Crippen LogP contribution in [-0.2, 0) is 9.53 Å². The molecule has 0 saturated carbocycles. The van der Waals surface area contributed by atoms with Gasteiger partial charge in [-0.2, -0.15) is 0 Å². The van der Waals surface area contributed by atoms with Crippen molar-refractivity contribution in [3.05, 3.63) is 23.9 Å². The number of nitrogens with zero attached hydrogens (tertiary/aromatic N) is 1. The SMILES string of the molecule is COC(C)C(=O)Nc1cc(C#CCN)ccn1. The van der Waals surface area contributed by atoms with E-state index in [0.717, 1.165) is 5.56 Å². The van der Waals surface area contributed by atoms with Crippen LogP contribution in [0.3, 0.4) is 0 Å². The predicted octanol–water partition coefficient (Wildman–Crippen LogP) is 0.365. The van der Waals surface area contributed by atoms with Crippen molar-refractivity contribution in [1.82, 2.24) is 4.98 Å². The van der Waals surface area contributed by atoms with Crippen LogP contribution in [-0.4, -0.2) is 30.6 Å². The summed E-state index contributed by atoms with van der Waals surface area (Å²) in [5.74, 6) is 5.80. The highest BCUT2D eigenvalue weighted by molar-refractivity contribution is 5.93. The molecule has 0 fully saturated rings. The second kappa shape index (κ2) is 6.63. The molecule has 1 rings (SSSR count). The number of anilines is 1. The van der Waals surface area contributed by atoms with Crippen molar-refractivity contribution in [2.45, 2.75) is 13.0 Å². The molecule has 90 valence electrons. The molecule has 1 atom stereocenters. The molecule has 0 aliphatic carbocycles. The van der Waals surface area contributed by atoms with Crippen molar-refractivity contribution < 1.29 is 9.53 Å². The molecule has 5 nitrogen and oxygen atoms in total. The van der Waals surface area contributed by atoms with E-state index in [2.05, 4.69) is 22.1 Å². The lowest BCUT2D eigenvalue weighted by Gasteiger charge is -2.09. The third-order valence-corrected chi connectivity index (χ3v) is 2.07. The summed E-state index contributed by atoms with van der Waals surface area (Å²) >= 11 is 0. The maximum absolute atomic E-state index is 11.5. The van der Waals surface area contributed by atoms with Gasteiger partial charge in [-0.15, -0.1) is 0 Å². The number of pyridine rings is 1. The minimum Gasteiger partial charge on any atom is -0.372 e. The molecule has 1 heterocycles. The molecule has 1 unspecified atom stereocenters. The fraction of sp³-hybridized carbons (Fsp3) is 0.333. The molecule has 1 amide bonds. The Bertz CT molecular complexity index is 449. The van der Waals surface area contributed by atoms with Gasteiger partial charge in [0, 0.05) is 18.9 Å². The molecule has 0 aromatic carbocycles. The zero-order valence-corrected chi connectivity index (χ0v) is 9.86. The van der Waals surface area contributed by atoms with Gasteiger partial charge in [0.1, 0.15) is 11.9 Å². The largest absolute Gasteiger partial charge is 0.372 e. The summed E-state index contributed by atoms with van der Waals surface area (Å²) in [4.78, 5) is 15.6.